The number of sulfonamides is 1. The number of aromatic nitrogens is 1. The predicted octanol–water partition coefficient (Wildman–Crippen LogP) is 2.53. The van der Waals surface area contributed by atoms with Crippen molar-refractivity contribution in [3.8, 4) is 5.75 Å². The van der Waals surface area contributed by atoms with Gasteiger partial charge in [-0.15, -0.1) is 13.2 Å². The monoisotopic (exact) mass is 415 g/mol. The molecule has 2 aromatic rings. The molecule has 0 amide bonds. The first-order valence-electron chi connectivity index (χ1n) is 8.73. The van der Waals surface area contributed by atoms with E-state index in [0.717, 1.165) is 30.8 Å². The average Bonchev–Trinajstić information content (AvgIpc) is 2.66. The summed E-state index contributed by atoms with van der Waals surface area (Å²) in [5.41, 5.74) is 0.954. The summed E-state index contributed by atoms with van der Waals surface area (Å²) in [6, 6.07) is 10.5. The molecule has 0 N–H and O–H groups in total. The molecule has 0 saturated carbocycles. The zero-order valence-electron chi connectivity index (χ0n) is 15.0. The first-order valence-corrected chi connectivity index (χ1v) is 10.2. The smallest absolute Gasteiger partial charge is 0.404 e. The Morgan fingerprint density at radius 2 is 1.68 bits per heavy atom. The summed E-state index contributed by atoms with van der Waals surface area (Å²) in [6.07, 6.45) is -2.49. The minimum absolute atomic E-state index is 0.199. The molecule has 152 valence electrons. The van der Waals surface area contributed by atoms with E-state index in [1.807, 2.05) is 18.2 Å². The van der Waals surface area contributed by atoms with Crippen LogP contribution < -0.4 is 4.74 Å². The van der Waals surface area contributed by atoms with Crippen molar-refractivity contribution in [2.24, 2.45) is 0 Å². The molecule has 10 heteroatoms. The van der Waals surface area contributed by atoms with Crippen LogP contribution in [0.4, 0.5) is 13.2 Å². The second kappa shape index (κ2) is 8.46. The summed E-state index contributed by atoms with van der Waals surface area (Å²) in [5, 5.41) is 0. The Kier molecular flexibility index (Phi) is 6.21. The number of rotatable bonds is 6. The third kappa shape index (κ3) is 5.21. The van der Waals surface area contributed by atoms with Crippen LogP contribution in [0.25, 0.3) is 0 Å². The minimum Gasteiger partial charge on any atom is -0.404 e. The Hall–Kier alpha value is -2.17. The molecule has 1 saturated heterocycles. The fourth-order valence-corrected chi connectivity index (χ4v) is 4.56. The van der Waals surface area contributed by atoms with Crippen molar-refractivity contribution in [1.29, 1.82) is 0 Å². The molecule has 2 heterocycles. The SMILES string of the molecule is O=S(=O)(c1ccccc1OC(F)(F)F)N1CCN(CCc2ccccn2)CC1. The number of hydrogen-bond acceptors (Lipinski definition) is 5. The highest BCUT2D eigenvalue weighted by atomic mass is 32.2. The van der Waals surface area contributed by atoms with Gasteiger partial charge in [-0.25, -0.2) is 8.42 Å². The second-order valence-corrected chi connectivity index (χ2v) is 8.22. The highest BCUT2D eigenvalue weighted by Gasteiger charge is 2.36. The minimum atomic E-state index is -4.96. The lowest BCUT2D eigenvalue weighted by Gasteiger charge is -2.34. The second-order valence-electron chi connectivity index (χ2n) is 6.31. The fourth-order valence-electron chi connectivity index (χ4n) is 3.02. The fraction of sp³-hybridized carbons (Fsp3) is 0.389. The average molecular weight is 415 g/mol. The summed E-state index contributed by atoms with van der Waals surface area (Å²) < 4.78 is 68.5. The van der Waals surface area contributed by atoms with Crippen molar-refractivity contribution < 1.29 is 26.3 Å². The van der Waals surface area contributed by atoms with E-state index >= 15 is 0 Å². The van der Waals surface area contributed by atoms with Gasteiger partial charge < -0.3 is 9.64 Å². The Balaban J connectivity index is 1.64. The van der Waals surface area contributed by atoms with E-state index in [1.54, 1.807) is 6.20 Å². The van der Waals surface area contributed by atoms with E-state index in [9.17, 15) is 21.6 Å². The van der Waals surface area contributed by atoms with E-state index in [2.05, 4.69) is 14.6 Å². The van der Waals surface area contributed by atoms with Crippen molar-refractivity contribution in [3.05, 3.63) is 54.4 Å². The van der Waals surface area contributed by atoms with Gasteiger partial charge in [-0.2, -0.15) is 4.31 Å². The lowest BCUT2D eigenvalue weighted by atomic mass is 10.2. The van der Waals surface area contributed by atoms with E-state index in [4.69, 9.17) is 0 Å². The first kappa shape index (κ1) is 20.6. The maximum atomic E-state index is 12.8. The molecular formula is C18H20F3N3O3S. The Morgan fingerprint density at radius 3 is 2.32 bits per heavy atom. The number of hydrogen-bond donors (Lipinski definition) is 0. The van der Waals surface area contributed by atoms with Crippen LogP contribution in [0.3, 0.4) is 0 Å². The Bertz CT molecular complexity index is 884. The van der Waals surface area contributed by atoms with Gasteiger partial charge in [0.1, 0.15) is 10.6 Å². The van der Waals surface area contributed by atoms with Crippen LogP contribution in [0.5, 0.6) is 5.75 Å². The van der Waals surface area contributed by atoms with Crippen LogP contribution in [-0.4, -0.2) is 61.7 Å². The molecule has 3 rings (SSSR count). The van der Waals surface area contributed by atoms with Gasteiger partial charge >= 0.3 is 6.36 Å². The summed E-state index contributed by atoms with van der Waals surface area (Å²) in [5.74, 6) is -0.715. The maximum Gasteiger partial charge on any atom is 0.573 e. The van der Waals surface area contributed by atoms with Gasteiger partial charge in [-0.1, -0.05) is 18.2 Å². The van der Waals surface area contributed by atoms with Crippen molar-refractivity contribution in [1.82, 2.24) is 14.2 Å². The number of alkyl halides is 3. The number of para-hydroxylation sites is 1. The van der Waals surface area contributed by atoms with Crippen molar-refractivity contribution >= 4 is 10.0 Å². The molecule has 0 bridgehead atoms. The molecule has 0 aliphatic carbocycles. The summed E-state index contributed by atoms with van der Waals surface area (Å²) in [6.45, 7) is 2.12. The van der Waals surface area contributed by atoms with Crippen LogP contribution in [0.15, 0.2) is 53.6 Å². The van der Waals surface area contributed by atoms with Crippen molar-refractivity contribution in [2.75, 3.05) is 32.7 Å². The summed E-state index contributed by atoms with van der Waals surface area (Å²) >= 11 is 0. The van der Waals surface area contributed by atoms with Crippen molar-refractivity contribution in [2.45, 2.75) is 17.7 Å². The largest absolute Gasteiger partial charge is 0.573 e. The van der Waals surface area contributed by atoms with Crippen LogP contribution in [0.1, 0.15) is 5.69 Å². The normalized spacial score (nSPS) is 16.8. The highest BCUT2D eigenvalue weighted by Crippen LogP contribution is 2.31. The molecule has 1 fully saturated rings. The van der Waals surface area contributed by atoms with Crippen LogP contribution in [0.2, 0.25) is 0 Å². The molecule has 0 radical (unpaired) electrons. The number of ether oxygens (including phenoxy) is 1. The zero-order valence-corrected chi connectivity index (χ0v) is 15.8. The van der Waals surface area contributed by atoms with Gasteiger partial charge in [0.15, 0.2) is 0 Å². The molecule has 28 heavy (non-hydrogen) atoms. The Labute approximate surface area is 161 Å². The Morgan fingerprint density at radius 1 is 1.00 bits per heavy atom. The van der Waals surface area contributed by atoms with E-state index in [0.29, 0.717) is 13.1 Å². The van der Waals surface area contributed by atoms with Crippen molar-refractivity contribution in [3.63, 3.8) is 0 Å². The topological polar surface area (TPSA) is 62.7 Å². The lowest BCUT2D eigenvalue weighted by Crippen LogP contribution is -2.49. The van der Waals surface area contributed by atoms with Crippen LogP contribution >= 0.6 is 0 Å². The molecule has 1 aromatic heterocycles. The molecule has 1 aromatic carbocycles. The van der Waals surface area contributed by atoms with Gasteiger partial charge in [0.25, 0.3) is 0 Å². The molecule has 0 spiro atoms. The maximum absolute atomic E-state index is 12.8. The zero-order chi connectivity index (χ0) is 20.2. The van der Waals surface area contributed by atoms with Gasteiger partial charge in [0.05, 0.1) is 0 Å². The molecule has 1 aliphatic heterocycles. The van der Waals surface area contributed by atoms with Gasteiger partial charge in [0, 0.05) is 51.0 Å². The van der Waals surface area contributed by atoms with Gasteiger partial charge in [0.2, 0.25) is 10.0 Å². The first-order chi connectivity index (χ1) is 13.3. The quantitative estimate of drug-likeness (QED) is 0.726. The standard InChI is InChI=1S/C18H20F3N3O3S/c19-18(20,21)27-16-6-1-2-7-17(16)28(25,26)24-13-11-23(12-14-24)10-8-15-5-3-4-9-22-15/h1-7,9H,8,10-14H2. The number of halogens is 3. The van der Waals surface area contributed by atoms with Gasteiger partial charge in [-0.3, -0.25) is 4.98 Å². The highest BCUT2D eigenvalue weighted by molar-refractivity contribution is 7.89. The summed E-state index contributed by atoms with van der Waals surface area (Å²) in [7, 11) is -4.09. The summed E-state index contributed by atoms with van der Waals surface area (Å²) in [4.78, 5) is 5.89. The number of benzene rings is 1. The van der Waals surface area contributed by atoms with E-state index < -0.39 is 27.0 Å². The van der Waals surface area contributed by atoms with Gasteiger partial charge in [-0.05, 0) is 24.3 Å². The molecule has 0 unspecified atom stereocenters. The van der Waals surface area contributed by atoms with Crippen LogP contribution in [-0.2, 0) is 16.4 Å². The third-order valence-electron chi connectivity index (χ3n) is 4.43. The molecule has 0 atom stereocenters. The van der Waals surface area contributed by atoms with E-state index in [-0.39, 0.29) is 13.1 Å². The predicted molar refractivity (Wildman–Crippen MR) is 96.3 cm³/mol. The molecular weight excluding hydrogens is 395 g/mol. The lowest BCUT2D eigenvalue weighted by molar-refractivity contribution is -0.275. The van der Waals surface area contributed by atoms with Crippen LogP contribution in [0, 0.1) is 0 Å². The number of pyridine rings is 1. The third-order valence-corrected chi connectivity index (χ3v) is 6.37. The molecule has 6 nitrogen and oxygen atoms in total. The van der Waals surface area contributed by atoms with E-state index in [1.165, 1.54) is 16.4 Å². The number of piperazine rings is 1. The number of nitrogens with zero attached hydrogens (tertiary/aromatic N) is 3. The molecule has 1 aliphatic rings.